The molecule has 0 aromatic heterocycles. The van der Waals surface area contributed by atoms with E-state index in [0.29, 0.717) is 0 Å². The first kappa shape index (κ1) is 25.2. The SMILES string of the molecule is Br.CCCCc1ccc(C(C)NC(CCCC)NC(=O)Nc2ccccc2)cc1. The minimum atomic E-state index is -0.179. The molecule has 2 aromatic carbocycles. The minimum absolute atomic E-state index is 0. The van der Waals surface area contributed by atoms with Crippen LogP contribution in [-0.4, -0.2) is 12.2 Å². The molecule has 2 aromatic rings. The molecule has 0 spiro atoms. The second-order valence-electron chi connectivity index (χ2n) is 7.39. The summed E-state index contributed by atoms with van der Waals surface area (Å²) in [4.78, 5) is 12.4. The summed E-state index contributed by atoms with van der Waals surface area (Å²) in [5, 5.41) is 9.55. The fourth-order valence-electron chi connectivity index (χ4n) is 3.20. The number of para-hydroxylation sites is 1. The maximum Gasteiger partial charge on any atom is 0.320 e. The highest BCUT2D eigenvalue weighted by Gasteiger charge is 2.15. The third kappa shape index (κ3) is 9.46. The zero-order valence-corrected chi connectivity index (χ0v) is 19.6. The highest BCUT2D eigenvalue weighted by atomic mass is 79.9. The lowest BCUT2D eigenvalue weighted by molar-refractivity contribution is 0.242. The Hall–Kier alpha value is -1.85. The van der Waals surface area contributed by atoms with Crippen LogP contribution in [0.15, 0.2) is 54.6 Å². The number of carbonyl (C=O) groups is 1. The number of halogens is 1. The first-order valence-corrected chi connectivity index (χ1v) is 10.6. The number of carbonyl (C=O) groups excluding carboxylic acids is 1. The average molecular weight is 462 g/mol. The van der Waals surface area contributed by atoms with Gasteiger partial charge in [0.25, 0.3) is 0 Å². The second-order valence-corrected chi connectivity index (χ2v) is 7.39. The number of benzene rings is 2. The highest BCUT2D eigenvalue weighted by molar-refractivity contribution is 8.93. The molecule has 0 bridgehead atoms. The maximum absolute atomic E-state index is 12.4. The monoisotopic (exact) mass is 461 g/mol. The van der Waals surface area contributed by atoms with E-state index in [1.165, 1.54) is 24.0 Å². The van der Waals surface area contributed by atoms with E-state index in [0.717, 1.165) is 31.4 Å². The third-order valence-corrected chi connectivity index (χ3v) is 4.93. The molecule has 0 saturated carbocycles. The Morgan fingerprint density at radius 3 is 2.21 bits per heavy atom. The van der Waals surface area contributed by atoms with E-state index >= 15 is 0 Å². The molecule has 0 aliphatic carbocycles. The third-order valence-electron chi connectivity index (χ3n) is 4.93. The fraction of sp³-hybridized carbons (Fsp3) is 0.458. The molecule has 2 amide bonds. The molecule has 2 unspecified atom stereocenters. The largest absolute Gasteiger partial charge is 0.323 e. The number of amides is 2. The lowest BCUT2D eigenvalue weighted by atomic mass is 10.0. The molecule has 0 fully saturated rings. The molecule has 0 aliphatic heterocycles. The van der Waals surface area contributed by atoms with Crippen LogP contribution in [0.2, 0.25) is 0 Å². The summed E-state index contributed by atoms with van der Waals surface area (Å²) in [6.45, 7) is 6.54. The number of unbranched alkanes of at least 4 members (excludes halogenated alkanes) is 2. The summed E-state index contributed by atoms with van der Waals surface area (Å²) in [5.74, 6) is 0. The quantitative estimate of drug-likeness (QED) is 0.330. The summed E-state index contributed by atoms with van der Waals surface area (Å²) >= 11 is 0. The lowest BCUT2D eigenvalue weighted by Gasteiger charge is -2.25. The van der Waals surface area contributed by atoms with Crippen molar-refractivity contribution < 1.29 is 4.79 Å². The predicted octanol–water partition coefficient (Wildman–Crippen LogP) is 6.60. The van der Waals surface area contributed by atoms with E-state index in [1.807, 2.05) is 30.3 Å². The zero-order valence-electron chi connectivity index (χ0n) is 17.9. The molecule has 2 rings (SSSR count). The topological polar surface area (TPSA) is 53.2 Å². The van der Waals surface area contributed by atoms with Crippen molar-refractivity contribution >= 4 is 28.7 Å². The molecule has 0 radical (unpaired) electrons. The maximum atomic E-state index is 12.4. The Kier molecular flexibility index (Phi) is 12.3. The van der Waals surface area contributed by atoms with Gasteiger partial charge in [-0.25, -0.2) is 4.79 Å². The standard InChI is InChI=1S/C24H35N3O.BrH/c1-4-6-11-20-15-17-21(18-16-20)19(3)25-23(14-7-5-2)27-24(28)26-22-12-9-8-10-13-22;/h8-10,12-13,15-19,23,25H,4-7,11,14H2,1-3H3,(H2,26,27,28);1H. The second kappa shape index (κ2) is 14.2. The molecule has 5 heteroatoms. The van der Waals surface area contributed by atoms with Gasteiger partial charge in [0.05, 0.1) is 6.17 Å². The Labute approximate surface area is 186 Å². The molecule has 0 heterocycles. The molecule has 3 N–H and O–H groups in total. The van der Waals surface area contributed by atoms with Gasteiger partial charge in [-0.3, -0.25) is 5.32 Å². The first-order chi connectivity index (χ1) is 13.6. The smallest absolute Gasteiger partial charge is 0.320 e. The van der Waals surface area contributed by atoms with Gasteiger partial charge < -0.3 is 10.6 Å². The van der Waals surface area contributed by atoms with Crippen LogP contribution in [0.4, 0.5) is 10.5 Å². The summed E-state index contributed by atoms with van der Waals surface area (Å²) in [5.41, 5.74) is 3.43. The molecular weight excluding hydrogens is 426 g/mol. The van der Waals surface area contributed by atoms with E-state index < -0.39 is 0 Å². The van der Waals surface area contributed by atoms with Crippen LogP contribution in [0.5, 0.6) is 0 Å². The van der Waals surface area contributed by atoms with Crippen LogP contribution in [0.1, 0.15) is 70.0 Å². The number of aryl methyl sites for hydroxylation is 1. The first-order valence-electron chi connectivity index (χ1n) is 10.6. The van der Waals surface area contributed by atoms with Crippen LogP contribution in [0.25, 0.3) is 0 Å². The molecule has 29 heavy (non-hydrogen) atoms. The number of nitrogens with one attached hydrogen (secondary N) is 3. The molecule has 4 nitrogen and oxygen atoms in total. The Bertz CT molecular complexity index is 691. The number of rotatable bonds is 11. The van der Waals surface area contributed by atoms with Gasteiger partial charge in [0.2, 0.25) is 0 Å². The van der Waals surface area contributed by atoms with Crippen LogP contribution in [-0.2, 0) is 6.42 Å². The Morgan fingerprint density at radius 2 is 1.59 bits per heavy atom. The van der Waals surface area contributed by atoms with Gasteiger partial charge in [-0.2, -0.15) is 0 Å². The molecular formula is C24H36BrN3O. The van der Waals surface area contributed by atoms with Crippen molar-refractivity contribution in [2.45, 2.75) is 71.5 Å². The van der Waals surface area contributed by atoms with Crippen molar-refractivity contribution in [1.82, 2.24) is 10.6 Å². The average Bonchev–Trinajstić information content (AvgIpc) is 2.71. The van der Waals surface area contributed by atoms with Crippen LogP contribution in [0.3, 0.4) is 0 Å². The zero-order chi connectivity index (χ0) is 20.2. The normalized spacial score (nSPS) is 12.5. The lowest BCUT2D eigenvalue weighted by Crippen LogP contribution is -2.47. The van der Waals surface area contributed by atoms with E-state index in [1.54, 1.807) is 0 Å². The summed E-state index contributed by atoms with van der Waals surface area (Å²) in [6, 6.07) is 18.4. The minimum Gasteiger partial charge on any atom is -0.323 e. The summed E-state index contributed by atoms with van der Waals surface area (Å²) < 4.78 is 0. The van der Waals surface area contributed by atoms with Gasteiger partial charge in [0.15, 0.2) is 0 Å². The van der Waals surface area contributed by atoms with Crippen molar-refractivity contribution in [3.8, 4) is 0 Å². The van der Waals surface area contributed by atoms with Gasteiger partial charge in [-0.15, -0.1) is 17.0 Å². The summed E-state index contributed by atoms with van der Waals surface area (Å²) in [6.07, 6.45) is 6.57. The van der Waals surface area contributed by atoms with E-state index in [9.17, 15) is 4.79 Å². The van der Waals surface area contributed by atoms with Crippen LogP contribution < -0.4 is 16.0 Å². The van der Waals surface area contributed by atoms with E-state index in [4.69, 9.17) is 0 Å². The van der Waals surface area contributed by atoms with Gasteiger partial charge >= 0.3 is 6.03 Å². The van der Waals surface area contributed by atoms with Crippen molar-refractivity contribution in [3.05, 3.63) is 65.7 Å². The van der Waals surface area contributed by atoms with E-state index in [-0.39, 0.29) is 35.2 Å². The van der Waals surface area contributed by atoms with E-state index in [2.05, 4.69) is 61.0 Å². The number of hydrogen-bond donors (Lipinski definition) is 3. The fourth-order valence-corrected chi connectivity index (χ4v) is 3.20. The van der Waals surface area contributed by atoms with Gasteiger partial charge in [0, 0.05) is 11.7 Å². The Morgan fingerprint density at radius 1 is 0.931 bits per heavy atom. The summed E-state index contributed by atoms with van der Waals surface area (Å²) in [7, 11) is 0. The van der Waals surface area contributed by atoms with Crippen molar-refractivity contribution in [2.75, 3.05) is 5.32 Å². The number of anilines is 1. The highest BCUT2D eigenvalue weighted by Crippen LogP contribution is 2.16. The van der Waals surface area contributed by atoms with Gasteiger partial charge in [-0.05, 0) is 49.4 Å². The van der Waals surface area contributed by atoms with Crippen molar-refractivity contribution in [1.29, 1.82) is 0 Å². The number of urea groups is 1. The van der Waals surface area contributed by atoms with Crippen LogP contribution >= 0.6 is 17.0 Å². The molecule has 0 aliphatic rings. The van der Waals surface area contributed by atoms with Crippen LogP contribution in [0, 0.1) is 0 Å². The van der Waals surface area contributed by atoms with Gasteiger partial charge in [-0.1, -0.05) is 75.6 Å². The predicted molar refractivity (Wildman–Crippen MR) is 129 cm³/mol. The molecule has 2 atom stereocenters. The molecule has 0 saturated heterocycles. The molecule has 160 valence electrons. The number of hydrogen-bond acceptors (Lipinski definition) is 2. The van der Waals surface area contributed by atoms with Crippen molar-refractivity contribution in [2.24, 2.45) is 0 Å². The Balaban J connectivity index is 0.00000420. The van der Waals surface area contributed by atoms with Gasteiger partial charge in [0.1, 0.15) is 0 Å². The van der Waals surface area contributed by atoms with Crippen molar-refractivity contribution in [3.63, 3.8) is 0 Å².